The van der Waals surface area contributed by atoms with Crippen LogP contribution in [0, 0.1) is 0 Å². The van der Waals surface area contributed by atoms with E-state index < -0.39 is 0 Å². The van der Waals surface area contributed by atoms with Crippen LogP contribution in [0.15, 0.2) is 30.6 Å². The highest BCUT2D eigenvalue weighted by atomic mass is 32.2. The average Bonchev–Trinajstić information content (AvgIpc) is 2.89. The Labute approximate surface area is 111 Å². The molecule has 0 spiro atoms. The minimum atomic E-state index is 0.988. The molecule has 0 aliphatic carbocycles. The van der Waals surface area contributed by atoms with Crippen molar-refractivity contribution in [2.45, 2.75) is 0 Å². The Morgan fingerprint density at radius 1 is 1.28 bits per heavy atom. The number of fused-ring (bicyclic) bond motifs is 1. The second-order valence-corrected chi connectivity index (χ2v) is 5.67. The summed E-state index contributed by atoms with van der Waals surface area (Å²) < 4.78 is 2.09. The molecule has 0 aromatic carbocycles. The number of aromatic nitrogens is 2. The zero-order valence-electron chi connectivity index (χ0n) is 10.4. The van der Waals surface area contributed by atoms with Gasteiger partial charge in [0.15, 0.2) is 0 Å². The monoisotopic (exact) mass is 262 g/mol. The maximum Gasteiger partial charge on any atom is 0.138 e. The molecule has 4 nitrogen and oxygen atoms in total. The predicted molar refractivity (Wildman–Crippen MR) is 77.4 cm³/mol. The zero-order chi connectivity index (χ0) is 12.2. The predicted octanol–water partition coefficient (Wildman–Crippen LogP) is 1.79. The second-order valence-electron chi connectivity index (χ2n) is 4.45. The second kappa shape index (κ2) is 5.63. The maximum absolute atomic E-state index is 4.29. The molecule has 1 N–H and O–H groups in total. The minimum absolute atomic E-state index is 0.988. The molecular formula is C13H18N4S. The lowest BCUT2D eigenvalue weighted by Crippen LogP contribution is -2.36. The minimum Gasteiger partial charge on any atom is -0.370 e. The third-order valence-corrected chi connectivity index (χ3v) is 4.21. The maximum atomic E-state index is 4.29. The highest BCUT2D eigenvalue weighted by Gasteiger charge is 2.09. The van der Waals surface area contributed by atoms with Gasteiger partial charge >= 0.3 is 0 Å². The molecule has 96 valence electrons. The van der Waals surface area contributed by atoms with E-state index in [1.54, 1.807) is 0 Å². The summed E-state index contributed by atoms with van der Waals surface area (Å²) >= 11 is 2.06. The number of rotatable bonds is 4. The summed E-state index contributed by atoms with van der Waals surface area (Å²) in [6, 6.07) is 6.16. The van der Waals surface area contributed by atoms with Gasteiger partial charge in [-0.15, -0.1) is 0 Å². The summed E-state index contributed by atoms with van der Waals surface area (Å²) in [7, 11) is 0. The van der Waals surface area contributed by atoms with Crippen molar-refractivity contribution in [1.29, 1.82) is 0 Å². The summed E-state index contributed by atoms with van der Waals surface area (Å²) in [6.07, 6.45) is 3.83. The highest BCUT2D eigenvalue weighted by molar-refractivity contribution is 7.99. The summed E-state index contributed by atoms with van der Waals surface area (Å²) in [5.41, 5.74) is 0.995. The van der Waals surface area contributed by atoms with Crippen molar-refractivity contribution in [3.63, 3.8) is 0 Å². The molecule has 3 rings (SSSR count). The molecule has 0 amide bonds. The third kappa shape index (κ3) is 2.62. The fourth-order valence-electron chi connectivity index (χ4n) is 2.26. The van der Waals surface area contributed by atoms with Gasteiger partial charge in [0, 0.05) is 50.1 Å². The molecule has 0 bridgehead atoms. The molecular weight excluding hydrogens is 244 g/mol. The molecule has 0 unspecified atom stereocenters. The van der Waals surface area contributed by atoms with E-state index in [9.17, 15) is 0 Å². The van der Waals surface area contributed by atoms with E-state index in [1.807, 2.05) is 24.5 Å². The van der Waals surface area contributed by atoms with E-state index in [1.165, 1.54) is 24.6 Å². The van der Waals surface area contributed by atoms with Crippen LogP contribution in [-0.2, 0) is 0 Å². The number of nitrogens with one attached hydrogen (secondary N) is 1. The van der Waals surface area contributed by atoms with Crippen molar-refractivity contribution in [2.75, 3.05) is 43.0 Å². The number of hydrogen-bond donors (Lipinski definition) is 1. The first kappa shape index (κ1) is 11.9. The fraction of sp³-hybridized carbons (Fsp3) is 0.462. The Kier molecular flexibility index (Phi) is 3.71. The molecule has 3 heterocycles. The zero-order valence-corrected chi connectivity index (χ0v) is 11.2. The summed E-state index contributed by atoms with van der Waals surface area (Å²) in [4.78, 5) is 6.81. The van der Waals surface area contributed by atoms with Crippen LogP contribution in [0.5, 0.6) is 0 Å². The van der Waals surface area contributed by atoms with Gasteiger partial charge in [-0.2, -0.15) is 11.8 Å². The van der Waals surface area contributed by atoms with Gasteiger partial charge in [-0.25, -0.2) is 4.98 Å². The number of pyridine rings is 1. The summed E-state index contributed by atoms with van der Waals surface area (Å²) in [6.45, 7) is 4.55. The summed E-state index contributed by atoms with van der Waals surface area (Å²) in [5, 5.41) is 3.50. The SMILES string of the molecule is c1cc(NCCN2CCSCC2)n2ccnc2c1. The fourth-order valence-corrected chi connectivity index (χ4v) is 3.24. The quantitative estimate of drug-likeness (QED) is 0.910. The molecule has 0 saturated carbocycles. The van der Waals surface area contributed by atoms with Crippen LogP contribution in [-0.4, -0.2) is 52.0 Å². The molecule has 1 aliphatic rings. The van der Waals surface area contributed by atoms with Crippen molar-refractivity contribution < 1.29 is 0 Å². The van der Waals surface area contributed by atoms with Crippen LogP contribution in [0.25, 0.3) is 5.65 Å². The van der Waals surface area contributed by atoms with E-state index in [0.717, 1.165) is 24.6 Å². The van der Waals surface area contributed by atoms with Crippen LogP contribution < -0.4 is 5.32 Å². The first-order valence-corrected chi connectivity index (χ1v) is 7.55. The van der Waals surface area contributed by atoms with E-state index >= 15 is 0 Å². The normalized spacial score (nSPS) is 17.1. The van der Waals surface area contributed by atoms with Gasteiger partial charge in [-0.3, -0.25) is 9.30 Å². The van der Waals surface area contributed by atoms with Crippen molar-refractivity contribution >= 4 is 23.2 Å². The van der Waals surface area contributed by atoms with Crippen LogP contribution in [0.3, 0.4) is 0 Å². The van der Waals surface area contributed by atoms with E-state index in [2.05, 4.69) is 37.4 Å². The van der Waals surface area contributed by atoms with Crippen LogP contribution >= 0.6 is 11.8 Å². The van der Waals surface area contributed by atoms with E-state index in [4.69, 9.17) is 0 Å². The number of imidazole rings is 1. The largest absolute Gasteiger partial charge is 0.370 e. The van der Waals surface area contributed by atoms with Crippen LogP contribution in [0.1, 0.15) is 0 Å². The third-order valence-electron chi connectivity index (χ3n) is 3.27. The Hall–Kier alpha value is -1.20. The lowest BCUT2D eigenvalue weighted by molar-refractivity contribution is 0.314. The molecule has 2 aromatic heterocycles. The Morgan fingerprint density at radius 2 is 2.17 bits per heavy atom. The van der Waals surface area contributed by atoms with Crippen molar-refractivity contribution in [2.24, 2.45) is 0 Å². The Bertz CT molecular complexity index is 504. The summed E-state index contributed by atoms with van der Waals surface area (Å²) in [5.74, 6) is 3.67. The molecule has 18 heavy (non-hydrogen) atoms. The molecule has 0 radical (unpaired) electrons. The molecule has 0 atom stereocenters. The number of thioether (sulfide) groups is 1. The number of anilines is 1. The van der Waals surface area contributed by atoms with Crippen molar-refractivity contribution in [3.8, 4) is 0 Å². The topological polar surface area (TPSA) is 32.6 Å². The van der Waals surface area contributed by atoms with Gasteiger partial charge in [0.1, 0.15) is 11.5 Å². The molecule has 1 saturated heterocycles. The lowest BCUT2D eigenvalue weighted by atomic mass is 10.4. The van der Waals surface area contributed by atoms with Crippen LogP contribution in [0.4, 0.5) is 5.82 Å². The van der Waals surface area contributed by atoms with Crippen LogP contribution in [0.2, 0.25) is 0 Å². The lowest BCUT2D eigenvalue weighted by Gasteiger charge is -2.26. The number of nitrogens with zero attached hydrogens (tertiary/aromatic N) is 3. The van der Waals surface area contributed by atoms with Crippen molar-refractivity contribution in [3.05, 3.63) is 30.6 Å². The van der Waals surface area contributed by atoms with Gasteiger partial charge in [-0.05, 0) is 12.1 Å². The standard InChI is InChI=1S/C13H18N4S/c1-2-12(17-7-5-15-13(17)3-1)14-4-6-16-8-10-18-11-9-16/h1-3,5,7,14H,4,6,8-11H2. The highest BCUT2D eigenvalue weighted by Crippen LogP contribution is 2.11. The molecule has 1 fully saturated rings. The van der Waals surface area contributed by atoms with Crippen molar-refractivity contribution in [1.82, 2.24) is 14.3 Å². The average molecular weight is 262 g/mol. The Morgan fingerprint density at radius 3 is 3.06 bits per heavy atom. The molecule has 2 aromatic rings. The first-order valence-electron chi connectivity index (χ1n) is 6.39. The smallest absolute Gasteiger partial charge is 0.138 e. The molecule has 5 heteroatoms. The first-order chi connectivity index (χ1) is 8.93. The van der Waals surface area contributed by atoms with Gasteiger partial charge in [0.2, 0.25) is 0 Å². The number of hydrogen-bond acceptors (Lipinski definition) is 4. The van der Waals surface area contributed by atoms with E-state index in [0.29, 0.717) is 0 Å². The molecule has 1 aliphatic heterocycles. The van der Waals surface area contributed by atoms with Gasteiger partial charge in [0.05, 0.1) is 0 Å². The van der Waals surface area contributed by atoms with Gasteiger partial charge in [0.25, 0.3) is 0 Å². The Balaban J connectivity index is 1.57. The van der Waals surface area contributed by atoms with Gasteiger partial charge in [-0.1, -0.05) is 6.07 Å². The van der Waals surface area contributed by atoms with Gasteiger partial charge < -0.3 is 5.32 Å². The van der Waals surface area contributed by atoms with E-state index in [-0.39, 0.29) is 0 Å².